The number of ether oxygens (including phenoxy) is 1. The second-order valence-electron chi connectivity index (χ2n) is 7.17. The number of esters is 1. The van der Waals surface area contributed by atoms with E-state index in [1.165, 1.54) is 22.5 Å². The van der Waals surface area contributed by atoms with E-state index in [1.807, 2.05) is 0 Å². The summed E-state index contributed by atoms with van der Waals surface area (Å²) in [7, 11) is -3.65. The molecule has 31 heavy (non-hydrogen) atoms. The Kier molecular flexibility index (Phi) is 7.59. The zero-order valence-electron chi connectivity index (χ0n) is 16.9. The number of nitrogens with one attached hydrogen (secondary N) is 1. The van der Waals surface area contributed by atoms with Gasteiger partial charge in [-0.2, -0.15) is 4.31 Å². The Bertz CT molecular complexity index is 1100. The van der Waals surface area contributed by atoms with Gasteiger partial charge in [-0.1, -0.05) is 41.8 Å². The van der Waals surface area contributed by atoms with E-state index >= 15 is 0 Å². The Labute approximate surface area is 191 Å². The lowest BCUT2D eigenvalue weighted by atomic mass is 10.2. The van der Waals surface area contributed by atoms with Gasteiger partial charge in [-0.05, 0) is 49.6 Å². The van der Waals surface area contributed by atoms with Crippen molar-refractivity contribution >= 4 is 50.8 Å². The number of hydrogen-bond donors (Lipinski definition) is 1. The van der Waals surface area contributed by atoms with Crippen LogP contribution in [0.15, 0.2) is 41.3 Å². The van der Waals surface area contributed by atoms with Gasteiger partial charge in [0.1, 0.15) is 0 Å². The number of sulfonamides is 1. The van der Waals surface area contributed by atoms with Crippen molar-refractivity contribution in [2.45, 2.75) is 31.1 Å². The second kappa shape index (κ2) is 9.99. The predicted octanol–water partition coefficient (Wildman–Crippen LogP) is 4.27. The largest absolute Gasteiger partial charge is 0.452 e. The summed E-state index contributed by atoms with van der Waals surface area (Å²) >= 11 is 11.9. The molecule has 2 aromatic rings. The first-order valence-electron chi connectivity index (χ1n) is 9.72. The predicted molar refractivity (Wildman–Crippen MR) is 119 cm³/mol. The first kappa shape index (κ1) is 23.5. The maximum Gasteiger partial charge on any atom is 0.340 e. The Morgan fingerprint density at radius 3 is 2.52 bits per heavy atom. The second-order valence-corrected chi connectivity index (χ2v) is 9.86. The molecular formula is C21H22Cl2N2O5S. The number of amides is 1. The van der Waals surface area contributed by atoms with Crippen LogP contribution >= 0.6 is 23.2 Å². The summed E-state index contributed by atoms with van der Waals surface area (Å²) in [5.74, 6) is -1.41. The van der Waals surface area contributed by atoms with E-state index in [-0.39, 0.29) is 20.5 Å². The summed E-state index contributed by atoms with van der Waals surface area (Å²) in [5.41, 5.74) is 0.931. The van der Waals surface area contributed by atoms with Crippen LogP contribution in [0.1, 0.15) is 35.2 Å². The van der Waals surface area contributed by atoms with Gasteiger partial charge in [0, 0.05) is 18.8 Å². The molecule has 166 valence electrons. The van der Waals surface area contributed by atoms with Gasteiger partial charge in [0.25, 0.3) is 5.91 Å². The van der Waals surface area contributed by atoms with E-state index in [2.05, 4.69) is 5.32 Å². The van der Waals surface area contributed by atoms with E-state index in [0.717, 1.165) is 19.3 Å². The molecule has 1 N–H and O–H groups in total. The van der Waals surface area contributed by atoms with Gasteiger partial charge < -0.3 is 10.1 Å². The maximum atomic E-state index is 13.0. The summed E-state index contributed by atoms with van der Waals surface area (Å²) in [6.45, 7) is 2.11. The summed E-state index contributed by atoms with van der Waals surface area (Å²) in [6.07, 6.45) is 2.67. The average molecular weight is 485 g/mol. The van der Waals surface area contributed by atoms with Crippen LogP contribution in [0.4, 0.5) is 5.69 Å². The lowest BCUT2D eigenvalue weighted by Crippen LogP contribution is -2.36. The van der Waals surface area contributed by atoms with Crippen molar-refractivity contribution in [1.29, 1.82) is 0 Å². The van der Waals surface area contributed by atoms with E-state index < -0.39 is 28.5 Å². The fraction of sp³-hybridized carbons (Fsp3) is 0.333. The van der Waals surface area contributed by atoms with Gasteiger partial charge in [-0.25, -0.2) is 13.2 Å². The van der Waals surface area contributed by atoms with Crippen LogP contribution in [0, 0.1) is 6.92 Å². The van der Waals surface area contributed by atoms with E-state index in [1.54, 1.807) is 25.1 Å². The minimum atomic E-state index is -3.65. The van der Waals surface area contributed by atoms with E-state index in [9.17, 15) is 18.0 Å². The summed E-state index contributed by atoms with van der Waals surface area (Å²) < 4.78 is 32.5. The molecule has 0 spiro atoms. The van der Waals surface area contributed by atoms with E-state index in [0.29, 0.717) is 24.3 Å². The highest BCUT2D eigenvalue weighted by atomic mass is 35.5. The van der Waals surface area contributed by atoms with Crippen molar-refractivity contribution in [2.24, 2.45) is 0 Å². The number of nitrogens with zero attached hydrogens (tertiary/aromatic N) is 1. The van der Waals surface area contributed by atoms with Gasteiger partial charge >= 0.3 is 5.97 Å². The lowest BCUT2D eigenvalue weighted by molar-refractivity contribution is -0.119. The number of anilines is 1. The summed E-state index contributed by atoms with van der Waals surface area (Å²) in [6, 6.07) is 9.16. The van der Waals surface area contributed by atoms with Crippen molar-refractivity contribution in [3.8, 4) is 0 Å². The molecule has 7 nitrogen and oxygen atoms in total. The number of hydrogen-bond acceptors (Lipinski definition) is 5. The van der Waals surface area contributed by atoms with Gasteiger partial charge in [0.05, 0.1) is 20.5 Å². The van der Waals surface area contributed by atoms with Gasteiger partial charge in [0.15, 0.2) is 6.61 Å². The lowest BCUT2D eigenvalue weighted by Gasteiger charge is -2.26. The molecule has 3 rings (SSSR count). The highest BCUT2D eigenvalue weighted by molar-refractivity contribution is 7.89. The summed E-state index contributed by atoms with van der Waals surface area (Å²) in [5, 5.41) is 2.80. The first-order valence-corrected chi connectivity index (χ1v) is 11.9. The summed E-state index contributed by atoms with van der Waals surface area (Å²) in [4.78, 5) is 24.5. The minimum absolute atomic E-state index is 0.0423. The Morgan fingerprint density at radius 1 is 1.10 bits per heavy atom. The topological polar surface area (TPSA) is 92.8 Å². The molecule has 0 aliphatic carbocycles. The smallest absolute Gasteiger partial charge is 0.340 e. The fourth-order valence-corrected chi connectivity index (χ4v) is 5.41. The van der Waals surface area contributed by atoms with Crippen LogP contribution in [0.25, 0.3) is 0 Å². The van der Waals surface area contributed by atoms with Crippen molar-refractivity contribution < 1.29 is 22.7 Å². The van der Waals surface area contributed by atoms with Gasteiger partial charge in [0.2, 0.25) is 10.0 Å². The average Bonchev–Trinajstić information content (AvgIpc) is 2.76. The minimum Gasteiger partial charge on any atom is -0.452 e. The SMILES string of the molecule is Cc1ccc(NC(=O)COC(=O)c2cccc(Cl)c2Cl)cc1S(=O)(=O)N1CCCCC1. The molecule has 0 radical (unpaired) electrons. The number of halogens is 2. The normalized spacial score (nSPS) is 14.8. The molecule has 1 fully saturated rings. The molecule has 1 saturated heterocycles. The van der Waals surface area contributed by atoms with Crippen LogP contribution in [0.3, 0.4) is 0 Å². The molecular weight excluding hydrogens is 463 g/mol. The van der Waals surface area contributed by atoms with Crippen LogP contribution < -0.4 is 5.32 Å². The number of piperidine rings is 1. The highest BCUT2D eigenvalue weighted by Gasteiger charge is 2.27. The molecule has 0 saturated carbocycles. The van der Waals surface area contributed by atoms with Crippen molar-refractivity contribution in [3.63, 3.8) is 0 Å². The number of carbonyl (C=O) groups excluding carboxylic acids is 2. The maximum absolute atomic E-state index is 13.0. The number of carbonyl (C=O) groups is 2. The molecule has 0 unspecified atom stereocenters. The van der Waals surface area contributed by atoms with Crippen LogP contribution in [0.2, 0.25) is 10.0 Å². The van der Waals surface area contributed by atoms with Gasteiger partial charge in [-0.15, -0.1) is 0 Å². The Hall–Kier alpha value is -2.13. The third-order valence-electron chi connectivity index (χ3n) is 4.91. The fourth-order valence-electron chi connectivity index (χ4n) is 3.27. The number of rotatable bonds is 6. The van der Waals surface area contributed by atoms with Crippen molar-refractivity contribution in [3.05, 3.63) is 57.6 Å². The molecule has 1 aliphatic rings. The quantitative estimate of drug-likeness (QED) is 0.617. The zero-order chi connectivity index (χ0) is 22.6. The number of aryl methyl sites for hydroxylation is 1. The molecule has 0 atom stereocenters. The Balaban J connectivity index is 1.67. The third-order valence-corrected chi connectivity index (χ3v) is 7.77. The van der Waals surface area contributed by atoms with Crippen molar-refractivity contribution in [1.82, 2.24) is 4.31 Å². The molecule has 1 heterocycles. The van der Waals surface area contributed by atoms with Crippen LogP contribution in [-0.4, -0.2) is 44.3 Å². The zero-order valence-corrected chi connectivity index (χ0v) is 19.2. The molecule has 2 aromatic carbocycles. The first-order chi connectivity index (χ1) is 14.7. The standard InChI is InChI=1S/C21H22Cl2N2O5S/c1-14-8-9-15(12-18(14)31(28,29)25-10-3-2-4-11-25)24-19(26)13-30-21(27)16-6-5-7-17(22)20(16)23/h5-9,12H,2-4,10-11,13H2,1H3,(H,24,26). The van der Waals surface area contributed by atoms with Crippen LogP contribution in [-0.2, 0) is 19.6 Å². The third kappa shape index (κ3) is 5.57. The van der Waals surface area contributed by atoms with E-state index in [4.69, 9.17) is 27.9 Å². The molecule has 1 amide bonds. The molecule has 10 heteroatoms. The highest BCUT2D eigenvalue weighted by Crippen LogP contribution is 2.27. The Morgan fingerprint density at radius 2 is 1.81 bits per heavy atom. The molecule has 0 bridgehead atoms. The monoisotopic (exact) mass is 484 g/mol. The van der Waals surface area contributed by atoms with Crippen LogP contribution in [0.5, 0.6) is 0 Å². The van der Waals surface area contributed by atoms with Gasteiger partial charge in [-0.3, -0.25) is 4.79 Å². The molecule has 0 aromatic heterocycles. The number of benzene rings is 2. The van der Waals surface area contributed by atoms with Crippen molar-refractivity contribution in [2.75, 3.05) is 25.0 Å². The molecule has 1 aliphatic heterocycles.